The quantitative estimate of drug-likeness (QED) is 0.356. The van der Waals surface area contributed by atoms with Crippen LogP contribution in [0.25, 0.3) is 10.9 Å². The molecule has 0 unspecified atom stereocenters. The van der Waals surface area contributed by atoms with Crippen LogP contribution in [0, 0.1) is 10.8 Å². The first-order valence-electron chi connectivity index (χ1n) is 11.5. The maximum absolute atomic E-state index is 13.6. The highest BCUT2D eigenvalue weighted by atomic mass is 35.5. The van der Waals surface area contributed by atoms with Crippen LogP contribution >= 0.6 is 11.6 Å². The minimum Gasteiger partial charge on any atom is -0.508 e. The molecule has 3 rings (SSSR count). The number of aromatic hydroxyl groups is 1. The van der Waals surface area contributed by atoms with Crippen molar-refractivity contribution < 1.29 is 14.7 Å². The number of phenolic OH excluding ortho intramolecular Hbond substituents is 1. The molecule has 3 aromatic rings. The standard InChI is InChI=1S/C28H34ClNO3/c1-7-25(33)28(5,6)15-23-26(24(32)16-27(2,3)4)21-14-20(31)12-13-22(21)30(23)17-18-8-10-19(29)11-9-18/h8-14,31H,7,15-17H2,1-6H3. The second-order valence-electron chi connectivity index (χ2n) is 10.7. The van der Waals surface area contributed by atoms with Crippen LogP contribution < -0.4 is 0 Å². The van der Waals surface area contributed by atoms with Crippen LogP contribution in [0.5, 0.6) is 5.75 Å². The van der Waals surface area contributed by atoms with Crippen LogP contribution in [0.1, 0.15) is 76.0 Å². The molecule has 0 bridgehead atoms. The van der Waals surface area contributed by atoms with E-state index in [1.807, 2.05) is 71.9 Å². The van der Waals surface area contributed by atoms with E-state index in [0.29, 0.717) is 36.4 Å². The number of phenols is 1. The monoisotopic (exact) mass is 467 g/mol. The lowest BCUT2D eigenvalue weighted by Gasteiger charge is -2.25. The van der Waals surface area contributed by atoms with Gasteiger partial charge in [0.2, 0.25) is 0 Å². The SMILES string of the molecule is CCC(=O)C(C)(C)Cc1c(C(=O)CC(C)(C)C)c2cc(O)ccc2n1Cc1ccc(Cl)cc1. The third kappa shape index (κ3) is 5.67. The Morgan fingerprint density at radius 1 is 1.00 bits per heavy atom. The number of halogens is 1. The molecule has 1 aromatic heterocycles. The van der Waals surface area contributed by atoms with Gasteiger partial charge >= 0.3 is 0 Å². The molecule has 0 fully saturated rings. The summed E-state index contributed by atoms with van der Waals surface area (Å²) in [6.45, 7) is 12.4. The normalized spacial score (nSPS) is 12.3. The Morgan fingerprint density at radius 3 is 2.21 bits per heavy atom. The van der Waals surface area contributed by atoms with Crippen LogP contribution in [-0.2, 0) is 17.8 Å². The number of aromatic nitrogens is 1. The average molecular weight is 468 g/mol. The predicted molar refractivity (Wildman–Crippen MR) is 135 cm³/mol. The number of hydrogen-bond donors (Lipinski definition) is 1. The average Bonchev–Trinajstić information content (AvgIpc) is 2.99. The fraction of sp³-hybridized carbons (Fsp3) is 0.429. The van der Waals surface area contributed by atoms with E-state index in [4.69, 9.17) is 11.6 Å². The van der Waals surface area contributed by atoms with E-state index in [9.17, 15) is 14.7 Å². The molecule has 2 aromatic carbocycles. The van der Waals surface area contributed by atoms with Gasteiger partial charge in [-0.15, -0.1) is 0 Å². The molecule has 33 heavy (non-hydrogen) atoms. The zero-order valence-corrected chi connectivity index (χ0v) is 21.2. The van der Waals surface area contributed by atoms with Crippen LogP contribution in [0.3, 0.4) is 0 Å². The number of fused-ring (bicyclic) bond motifs is 1. The number of carbonyl (C=O) groups excluding carboxylic acids is 2. The van der Waals surface area contributed by atoms with Crippen molar-refractivity contribution in [2.24, 2.45) is 10.8 Å². The smallest absolute Gasteiger partial charge is 0.165 e. The number of hydrogen-bond acceptors (Lipinski definition) is 3. The van der Waals surface area contributed by atoms with Crippen molar-refractivity contribution in [2.45, 2.75) is 67.3 Å². The first kappa shape index (κ1) is 25.0. The van der Waals surface area contributed by atoms with Gasteiger partial charge in [-0.1, -0.05) is 65.3 Å². The molecule has 0 saturated carbocycles. The number of benzene rings is 2. The molecule has 0 aliphatic carbocycles. The Labute approximate surface area is 201 Å². The summed E-state index contributed by atoms with van der Waals surface area (Å²) >= 11 is 6.09. The van der Waals surface area contributed by atoms with Crippen molar-refractivity contribution >= 4 is 34.1 Å². The third-order valence-corrected chi connectivity index (χ3v) is 6.32. The van der Waals surface area contributed by atoms with Crippen molar-refractivity contribution in [3.8, 4) is 5.75 Å². The minimum absolute atomic E-state index is 0.0303. The van der Waals surface area contributed by atoms with E-state index in [2.05, 4.69) is 4.57 Å². The third-order valence-electron chi connectivity index (χ3n) is 6.06. The fourth-order valence-corrected chi connectivity index (χ4v) is 4.54. The molecule has 1 N–H and O–H groups in total. The largest absolute Gasteiger partial charge is 0.508 e. The highest BCUT2D eigenvalue weighted by Gasteiger charge is 2.33. The lowest BCUT2D eigenvalue weighted by Crippen LogP contribution is -2.28. The molecule has 0 amide bonds. The van der Waals surface area contributed by atoms with Crippen molar-refractivity contribution in [3.05, 3.63) is 64.3 Å². The molecule has 0 aliphatic rings. The summed E-state index contributed by atoms with van der Waals surface area (Å²) in [6, 6.07) is 12.8. The van der Waals surface area contributed by atoms with Gasteiger partial charge in [0.15, 0.2) is 5.78 Å². The molecular weight excluding hydrogens is 434 g/mol. The zero-order chi connectivity index (χ0) is 24.6. The lowest BCUT2D eigenvalue weighted by atomic mass is 9.80. The highest BCUT2D eigenvalue weighted by Crippen LogP contribution is 2.37. The Hall–Kier alpha value is -2.59. The topological polar surface area (TPSA) is 59.3 Å². The molecule has 4 nitrogen and oxygen atoms in total. The summed E-state index contributed by atoms with van der Waals surface area (Å²) in [5.74, 6) is 0.303. The summed E-state index contributed by atoms with van der Waals surface area (Å²) < 4.78 is 2.12. The van der Waals surface area contributed by atoms with Crippen LogP contribution in [0.15, 0.2) is 42.5 Å². The molecule has 0 saturated heterocycles. The van der Waals surface area contributed by atoms with Gasteiger partial charge in [-0.05, 0) is 41.3 Å². The van der Waals surface area contributed by atoms with E-state index in [-0.39, 0.29) is 22.7 Å². The van der Waals surface area contributed by atoms with Crippen LogP contribution in [-0.4, -0.2) is 21.2 Å². The summed E-state index contributed by atoms with van der Waals surface area (Å²) in [7, 11) is 0. The fourth-order valence-electron chi connectivity index (χ4n) is 4.41. The van der Waals surface area contributed by atoms with Crippen molar-refractivity contribution in [1.29, 1.82) is 0 Å². The molecule has 0 radical (unpaired) electrons. The number of nitrogens with zero attached hydrogens (tertiary/aromatic N) is 1. The van der Waals surface area contributed by atoms with E-state index in [0.717, 1.165) is 22.2 Å². The second kappa shape index (κ2) is 9.34. The summed E-state index contributed by atoms with van der Waals surface area (Å²) in [5.41, 5.74) is 2.55. The van der Waals surface area contributed by atoms with Gasteiger partial charge in [-0.2, -0.15) is 0 Å². The van der Waals surface area contributed by atoms with Crippen molar-refractivity contribution in [2.75, 3.05) is 0 Å². The van der Waals surface area contributed by atoms with Crippen LogP contribution in [0.2, 0.25) is 5.02 Å². The molecule has 0 aliphatic heterocycles. The Morgan fingerprint density at radius 2 is 1.64 bits per heavy atom. The molecular formula is C28H34ClNO3. The van der Waals surface area contributed by atoms with Crippen molar-refractivity contribution in [3.63, 3.8) is 0 Å². The number of carbonyl (C=O) groups is 2. The van der Waals surface area contributed by atoms with E-state index < -0.39 is 5.41 Å². The number of rotatable bonds is 8. The van der Waals surface area contributed by atoms with Gasteiger partial charge in [0, 0.05) is 58.4 Å². The van der Waals surface area contributed by atoms with Gasteiger partial charge in [0.25, 0.3) is 0 Å². The van der Waals surface area contributed by atoms with Crippen LogP contribution in [0.4, 0.5) is 0 Å². The van der Waals surface area contributed by atoms with Gasteiger partial charge in [0.05, 0.1) is 0 Å². The van der Waals surface area contributed by atoms with E-state index >= 15 is 0 Å². The van der Waals surface area contributed by atoms with Gasteiger partial charge in [-0.3, -0.25) is 9.59 Å². The summed E-state index contributed by atoms with van der Waals surface area (Å²) in [4.78, 5) is 26.4. The summed E-state index contributed by atoms with van der Waals surface area (Å²) in [5, 5.41) is 11.7. The molecule has 176 valence electrons. The first-order valence-corrected chi connectivity index (χ1v) is 11.9. The molecule has 5 heteroatoms. The molecule has 0 spiro atoms. The zero-order valence-electron chi connectivity index (χ0n) is 20.5. The number of Topliss-reactive ketones (excluding diaryl/α,β-unsaturated/α-hetero) is 2. The minimum atomic E-state index is -0.625. The van der Waals surface area contributed by atoms with Gasteiger partial charge in [0.1, 0.15) is 11.5 Å². The predicted octanol–water partition coefficient (Wildman–Crippen LogP) is 7.22. The Bertz CT molecular complexity index is 1180. The number of ketones is 2. The molecule has 1 heterocycles. The Kier molecular flexibility index (Phi) is 7.09. The maximum Gasteiger partial charge on any atom is 0.165 e. The summed E-state index contributed by atoms with van der Waals surface area (Å²) in [6.07, 6.45) is 1.25. The lowest BCUT2D eigenvalue weighted by molar-refractivity contribution is -0.126. The van der Waals surface area contributed by atoms with Gasteiger partial charge < -0.3 is 9.67 Å². The highest BCUT2D eigenvalue weighted by molar-refractivity contribution is 6.30. The van der Waals surface area contributed by atoms with Crippen molar-refractivity contribution in [1.82, 2.24) is 4.57 Å². The van der Waals surface area contributed by atoms with Gasteiger partial charge in [-0.25, -0.2) is 0 Å². The van der Waals surface area contributed by atoms with E-state index in [1.165, 1.54) is 0 Å². The first-order chi connectivity index (χ1) is 15.3. The molecule has 0 atom stereocenters. The maximum atomic E-state index is 13.6. The second-order valence-corrected chi connectivity index (χ2v) is 11.2. The van der Waals surface area contributed by atoms with E-state index in [1.54, 1.807) is 12.1 Å². The Balaban J connectivity index is 2.28.